The Kier molecular flexibility index (Phi) is 2.93. The Bertz CT molecular complexity index is 433. The molecule has 1 saturated heterocycles. The van der Waals surface area contributed by atoms with E-state index in [-0.39, 0.29) is 5.91 Å². The van der Waals surface area contributed by atoms with Gasteiger partial charge in [-0.3, -0.25) is 4.79 Å². The summed E-state index contributed by atoms with van der Waals surface area (Å²) >= 11 is 0. The number of piperazine rings is 1. The number of nitrogens with one attached hydrogen (secondary N) is 1. The largest absolute Gasteiger partial charge is 0.469 e. The Morgan fingerprint density at radius 3 is 3.19 bits per heavy atom. The standard InChI is InChI=1S/C11H13N3O2/c1-8-10(2-5-16-8)11(15)14-4-3-13-7-9(14)6-12/h2,5,9,13H,3-4,7H2,1H3. The third-order valence-electron chi connectivity index (χ3n) is 2.74. The molecule has 0 radical (unpaired) electrons. The van der Waals surface area contributed by atoms with Crippen molar-refractivity contribution in [2.45, 2.75) is 13.0 Å². The first kappa shape index (κ1) is 10.7. The van der Waals surface area contributed by atoms with Gasteiger partial charge in [-0.05, 0) is 13.0 Å². The van der Waals surface area contributed by atoms with Gasteiger partial charge >= 0.3 is 0 Å². The molecule has 1 aromatic rings. The van der Waals surface area contributed by atoms with Crippen LogP contribution in [0, 0.1) is 18.3 Å². The maximum atomic E-state index is 12.1. The molecule has 1 N–H and O–H groups in total. The van der Waals surface area contributed by atoms with E-state index in [9.17, 15) is 4.79 Å². The molecule has 1 fully saturated rings. The highest BCUT2D eigenvalue weighted by Crippen LogP contribution is 2.14. The summed E-state index contributed by atoms with van der Waals surface area (Å²) in [5.41, 5.74) is 0.544. The second-order valence-electron chi connectivity index (χ2n) is 3.74. The number of carbonyl (C=O) groups is 1. The number of furan rings is 1. The lowest BCUT2D eigenvalue weighted by atomic mass is 10.1. The number of carbonyl (C=O) groups excluding carboxylic acids is 1. The number of nitriles is 1. The van der Waals surface area contributed by atoms with Crippen molar-refractivity contribution in [3.05, 3.63) is 23.7 Å². The molecular formula is C11H13N3O2. The first-order valence-electron chi connectivity index (χ1n) is 5.19. The summed E-state index contributed by atoms with van der Waals surface area (Å²) in [5.74, 6) is 0.472. The third-order valence-corrected chi connectivity index (χ3v) is 2.74. The van der Waals surface area contributed by atoms with Crippen LogP contribution in [0.15, 0.2) is 16.7 Å². The van der Waals surface area contributed by atoms with Crippen molar-refractivity contribution in [1.29, 1.82) is 5.26 Å². The van der Waals surface area contributed by atoms with E-state index in [1.54, 1.807) is 17.9 Å². The monoisotopic (exact) mass is 219 g/mol. The minimum absolute atomic E-state index is 0.126. The molecule has 5 heteroatoms. The third kappa shape index (κ3) is 1.79. The normalized spacial score (nSPS) is 20.5. The molecule has 1 aliphatic heterocycles. The number of rotatable bonds is 1. The zero-order chi connectivity index (χ0) is 11.5. The van der Waals surface area contributed by atoms with Crippen molar-refractivity contribution in [2.75, 3.05) is 19.6 Å². The van der Waals surface area contributed by atoms with E-state index < -0.39 is 6.04 Å². The summed E-state index contributed by atoms with van der Waals surface area (Å²) < 4.78 is 5.10. The molecule has 5 nitrogen and oxygen atoms in total. The molecule has 0 bridgehead atoms. The molecule has 1 aromatic heterocycles. The number of nitrogens with zero attached hydrogens (tertiary/aromatic N) is 2. The van der Waals surface area contributed by atoms with E-state index in [4.69, 9.17) is 9.68 Å². The summed E-state index contributed by atoms with van der Waals surface area (Å²) in [7, 11) is 0. The fourth-order valence-electron chi connectivity index (χ4n) is 1.82. The average molecular weight is 219 g/mol. The minimum atomic E-state index is -0.393. The molecule has 0 aromatic carbocycles. The van der Waals surface area contributed by atoms with Gasteiger partial charge in [0, 0.05) is 19.6 Å². The SMILES string of the molecule is Cc1occc1C(=O)N1CCNCC1C#N. The van der Waals surface area contributed by atoms with E-state index in [2.05, 4.69) is 11.4 Å². The Hall–Kier alpha value is -1.80. The van der Waals surface area contributed by atoms with Crippen molar-refractivity contribution < 1.29 is 9.21 Å². The van der Waals surface area contributed by atoms with Crippen LogP contribution in [-0.2, 0) is 0 Å². The van der Waals surface area contributed by atoms with Crippen LogP contribution in [0.1, 0.15) is 16.1 Å². The number of aryl methyl sites for hydroxylation is 1. The van der Waals surface area contributed by atoms with Gasteiger partial charge in [-0.25, -0.2) is 0 Å². The van der Waals surface area contributed by atoms with Crippen molar-refractivity contribution in [1.82, 2.24) is 10.2 Å². The van der Waals surface area contributed by atoms with Gasteiger partial charge in [0.1, 0.15) is 11.8 Å². The highest BCUT2D eigenvalue weighted by Gasteiger charge is 2.28. The van der Waals surface area contributed by atoms with Crippen molar-refractivity contribution in [3.63, 3.8) is 0 Å². The lowest BCUT2D eigenvalue weighted by Crippen LogP contribution is -2.53. The molecule has 1 amide bonds. The molecule has 0 saturated carbocycles. The maximum Gasteiger partial charge on any atom is 0.258 e. The Balaban J connectivity index is 2.21. The molecule has 84 valence electrons. The van der Waals surface area contributed by atoms with E-state index in [1.165, 1.54) is 6.26 Å². The van der Waals surface area contributed by atoms with Gasteiger partial charge in [-0.1, -0.05) is 0 Å². The second-order valence-corrected chi connectivity index (χ2v) is 3.74. The zero-order valence-electron chi connectivity index (χ0n) is 9.06. The molecule has 2 heterocycles. The maximum absolute atomic E-state index is 12.1. The topological polar surface area (TPSA) is 69.3 Å². The first-order chi connectivity index (χ1) is 7.74. The lowest BCUT2D eigenvalue weighted by Gasteiger charge is -2.31. The summed E-state index contributed by atoms with van der Waals surface area (Å²) in [5, 5.41) is 12.1. The van der Waals surface area contributed by atoms with Crippen molar-refractivity contribution in [3.8, 4) is 6.07 Å². The molecule has 0 aliphatic carbocycles. The van der Waals surface area contributed by atoms with Crippen molar-refractivity contribution >= 4 is 5.91 Å². The second kappa shape index (κ2) is 4.37. The molecule has 0 spiro atoms. The van der Waals surface area contributed by atoms with E-state index in [0.29, 0.717) is 24.4 Å². The van der Waals surface area contributed by atoms with Gasteiger partial charge in [0.15, 0.2) is 0 Å². The van der Waals surface area contributed by atoms with Gasteiger partial charge in [0.2, 0.25) is 0 Å². The molecule has 2 rings (SSSR count). The molecule has 1 unspecified atom stereocenters. The molecule has 1 atom stereocenters. The van der Waals surface area contributed by atoms with Gasteiger partial charge in [0.25, 0.3) is 5.91 Å². The molecular weight excluding hydrogens is 206 g/mol. The fraction of sp³-hybridized carbons (Fsp3) is 0.455. The quantitative estimate of drug-likeness (QED) is 0.747. The van der Waals surface area contributed by atoms with Crippen LogP contribution in [0.3, 0.4) is 0 Å². The summed E-state index contributed by atoms with van der Waals surface area (Å²) in [6.45, 7) is 3.55. The highest BCUT2D eigenvalue weighted by atomic mass is 16.3. The van der Waals surface area contributed by atoms with E-state index in [0.717, 1.165) is 6.54 Å². The van der Waals surface area contributed by atoms with Crippen LogP contribution in [0.5, 0.6) is 0 Å². The van der Waals surface area contributed by atoms with Gasteiger partial charge in [-0.15, -0.1) is 0 Å². The first-order valence-corrected chi connectivity index (χ1v) is 5.19. The van der Waals surface area contributed by atoms with Crippen LogP contribution in [-0.4, -0.2) is 36.5 Å². The Morgan fingerprint density at radius 2 is 2.56 bits per heavy atom. The van der Waals surface area contributed by atoms with Gasteiger partial charge in [-0.2, -0.15) is 5.26 Å². The van der Waals surface area contributed by atoms with Gasteiger partial charge < -0.3 is 14.6 Å². The van der Waals surface area contributed by atoms with E-state index >= 15 is 0 Å². The lowest BCUT2D eigenvalue weighted by molar-refractivity contribution is 0.0685. The Labute approximate surface area is 93.6 Å². The highest BCUT2D eigenvalue weighted by molar-refractivity contribution is 5.95. The summed E-state index contributed by atoms with van der Waals surface area (Å²) in [4.78, 5) is 13.7. The van der Waals surface area contributed by atoms with Crippen LogP contribution in [0.4, 0.5) is 0 Å². The summed E-state index contributed by atoms with van der Waals surface area (Å²) in [6.07, 6.45) is 1.49. The van der Waals surface area contributed by atoms with Crippen LogP contribution in [0.25, 0.3) is 0 Å². The number of amides is 1. The number of hydrogen-bond donors (Lipinski definition) is 1. The van der Waals surface area contributed by atoms with Gasteiger partial charge in [0.05, 0.1) is 17.9 Å². The molecule has 1 aliphatic rings. The van der Waals surface area contributed by atoms with Crippen LogP contribution in [0.2, 0.25) is 0 Å². The van der Waals surface area contributed by atoms with Crippen molar-refractivity contribution in [2.24, 2.45) is 0 Å². The average Bonchev–Trinajstić information content (AvgIpc) is 2.74. The van der Waals surface area contributed by atoms with Crippen LogP contribution < -0.4 is 5.32 Å². The predicted molar refractivity (Wildman–Crippen MR) is 56.8 cm³/mol. The zero-order valence-corrected chi connectivity index (χ0v) is 9.06. The number of hydrogen-bond acceptors (Lipinski definition) is 4. The fourth-order valence-corrected chi connectivity index (χ4v) is 1.82. The Morgan fingerprint density at radius 1 is 1.75 bits per heavy atom. The van der Waals surface area contributed by atoms with E-state index in [1.807, 2.05) is 0 Å². The van der Waals surface area contributed by atoms with Crippen LogP contribution >= 0.6 is 0 Å². The molecule has 16 heavy (non-hydrogen) atoms. The smallest absolute Gasteiger partial charge is 0.258 e. The predicted octanol–water partition coefficient (Wildman–Crippen LogP) is 0.526. The summed E-state index contributed by atoms with van der Waals surface area (Å²) in [6, 6.07) is 3.38. The minimum Gasteiger partial charge on any atom is -0.469 e.